The van der Waals surface area contributed by atoms with Crippen molar-refractivity contribution < 1.29 is 13.6 Å². The minimum absolute atomic E-state index is 0.0971. The maximum Gasteiger partial charge on any atom is 0.182 e. The Morgan fingerprint density at radius 2 is 1.87 bits per heavy atom. The van der Waals surface area contributed by atoms with E-state index in [1.807, 2.05) is 37.3 Å². The van der Waals surface area contributed by atoms with Crippen LogP contribution in [0.3, 0.4) is 0 Å². The number of hydrogen-bond acceptors (Lipinski definition) is 4. The van der Waals surface area contributed by atoms with Crippen LogP contribution >= 0.6 is 0 Å². The van der Waals surface area contributed by atoms with Crippen molar-refractivity contribution in [1.29, 1.82) is 0 Å². The van der Waals surface area contributed by atoms with Crippen LogP contribution in [-0.2, 0) is 0 Å². The van der Waals surface area contributed by atoms with Crippen LogP contribution in [0.2, 0.25) is 0 Å². The lowest BCUT2D eigenvalue weighted by Crippen LogP contribution is -2.02. The van der Waals surface area contributed by atoms with Gasteiger partial charge in [-0.05, 0) is 31.2 Å². The molecule has 4 nitrogen and oxygen atoms in total. The van der Waals surface area contributed by atoms with Crippen molar-refractivity contribution in [1.82, 2.24) is 0 Å². The standard InChI is InChI=1S/C19H14O4/c1-2-21-19-14-8-7-13(20)10-17(14)22-11-15(19)18-9-12-5-3-4-6-16(12)23-18/h3-11H,2H2,1H3. The number of fused-ring (bicyclic) bond motifs is 2. The predicted octanol–water partition coefficient (Wildman–Crippen LogP) is 4.56. The van der Waals surface area contributed by atoms with Crippen LogP contribution in [0.25, 0.3) is 33.6 Å². The third-order valence-electron chi connectivity index (χ3n) is 3.73. The van der Waals surface area contributed by atoms with Crippen molar-refractivity contribution >= 4 is 11.0 Å². The van der Waals surface area contributed by atoms with Crippen LogP contribution in [0.5, 0.6) is 5.75 Å². The summed E-state index contributed by atoms with van der Waals surface area (Å²) in [5.41, 5.74) is 2.19. The number of furan rings is 1. The molecule has 1 aromatic carbocycles. The summed E-state index contributed by atoms with van der Waals surface area (Å²) < 4.78 is 17.4. The summed E-state index contributed by atoms with van der Waals surface area (Å²) in [6.07, 6.45) is 1.57. The average molecular weight is 306 g/mol. The molecule has 0 spiro atoms. The van der Waals surface area contributed by atoms with Gasteiger partial charge in [0.1, 0.15) is 29.1 Å². The number of hydrogen-bond donors (Lipinski definition) is 0. The van der Waals surface area contributed by atoms with E-state index >= 15 is 0 Å². The summed E-state index contributed by atoms with van der Waals surface area (Å²) in [5.74, 6) is 1.83. The molecule has 0 bridgehead atoms. The highest BCUT2D eigenvalue weighted by molar-refractivity contribution is 5.86. The second-order valence-electron chi connectivity index (χ2n) is 5.22. The first kappa shape index (κ1) is 13.6. The summed E-state index contributed by atoms with van der Waals surface area (Å²) in [6.45, 7) is 2.42. The van der Waals surface area contributed by atoms with Gasteiger partial charge in [-0.2, -0.15) is 0 Å². The van der Waals surface area contributed by atoms with Gasteiger partial charge in [0.2, 0.25) is 0 Å². The first-order valence-corrected chi connectivity index (χ1v) is 7.43. The molecule has 0 atom stereocenters. The molecule has 0 amide bonds. The predicted molar refractivity (Wildman–Crippen MR) is 88.0 cm³/mol. The van der Waals surface area contributed by atoms with E-state index in [0.717, 1.165) is 22.1 Å². The Kier molecular flexibility index (Phi) is 3.15. The van der Waals surface area contributed by atoms with Crippen LogP contribution in [-0.4, -0.2) is 6.61 Å². The lowest BCUT2D eigenvalue weighted by atomic mass is 10.1. The van der Waals surface area contributed by atoms with Crippen molar-refractivity contribution in [3.63, 3.8) is 0 Å². The number of para-hydroxylation sites is 1. The summed E-state index contributed by atoms with van der Waals surface area (Å²) in [7, 11) is 0. The minimum atomic E-state index is -0.0971. The summed E-state index contributed by atoms with van der Waals surface area (Å²) >= 11 is 0. The van der Waals surface area contributed by atoms with Gasteiger partial charge in [-0.15, -0.1) is 0 Å². The number of ether oxygens (including phenoxy) is 1. The Labute approximate surface area is 132 Å². The first-order valence-electron chi connectivity index (χ1n) is 7.43. The van der Waals surface area contributed by atoms with Gasteiger partial charge in [0.25, 0.3) is 0 Å². The van der Waals surface area contributed by atoms with E-state index in [4.69, 9.17) is 13.6 Å². The molecule has 1 aliphatic heterocycles. The molecule has 0 saturated carbocycles. The third kappa shape index (κ3) is 2.28. The first-order chi connectivity index (χ1) is 11.3. The molecule has 4 heteroatoms. The molecule has 1 aromatic heterocycles. The lowest BCUT2D eigenvalue weighted by Gasteiger charge is -2.14. The molecule has 0 saturated heterocycles. The fraction of sp³-hybridized carbons (Fsp3) is 0.105. The largest absolute Gasteiger partial charge is 0.492 e. The van der Waals surface area contributed by atoms with E-state index < -0.39 is 0 Å². The van der Waals surface area contributed by atoms with Crippen molar-refractivity contribution in [3.8, 4) is 28.4 Å². The Bertz CT molecular complexity index is 976. The van der Waals surface area contributed by atoms with E-state index in [2.05, 4.69) is 0 Å². The van der Waals surface area contributed by atoms with Crippen LogP contribution in [0, 0.1) is 0 Å². The van der Waals surface area contributed by atoms with E-state index in [1.54, 1.807) is 12.3 Å². The number of benzene rings is 2. The highest BCUT2D eigenvalue weighted by atomic mass is 16.5. The summed E-state index contributed by atoms with van der Waals surface area (Å²) in [6, 6.07) is 14.4. The molecule has 2 aliphatic rings. The van der Waals surface area contributed by atoms with Gasteiger partial charge < -0.3 is 13.6 Å². The zero-order valence-corrected chi connectivity index (χ0v) is 12.5. The molecule has 0 fully saturated rings. The highest BCUT2D eigenvalue weighted by Crippen LogP contribution is 2.41. The Balaban J connectivity index is 1.98. The lowest BCUT2D eigenvalue weighted by molar-refractivity contribution is 0.338. The Hall–Kier alpha value is -3.01. The average Bonchev–Trinajstić information content (AvgIpc) is 2.98. The molecule has 2 aromatic rings. The highest BCUT2D eigenvalue weighted by Gasteiger charge is 2.20. The van der Waals surface area contributed by atoms with E-state index in [0.29, 0.717) is 23.9 Å². The van der Waals surface area contributed by atoms with Crippen molar-refractivity contribution in [2.45, 2.75) is 6.92 Å². The van der Waals surface area contributed by atoms with Gasteiger partial charge >= 0.3 is 0 Å². The van der Waals surface area contributed by atoms with Gasteiger partial charge in [0, 0.05) is 11.5 Å². The van der Waals surface area contributed by atoms with Gasteiger partial charge in [0.15, 0.2) is 5.43 Å². The van der Waals surface area contributed by atoms with Gasteiger partial charge in [0.05, 0.1) is 17.7 Å². The summed E-state index contributed by atoms with van der Waals surface area (Å²) in [4.78, 5) is 11.5. The normalized spacial score (nSPS) is 11.2. The Morgan fingerprint density at radius 3 is 2.70 bits per heavy atom. The Morgan fingerprint density at radius 1 is 1.00 bits per heavy atom. The zero-order valence-electron chi connectivity index (χ0n) is 12.5. The summed E-state index contributed by atoms with van der Waals surface area (Å²) in [5, 5.41) is 1.01. The van der Waals surface area contributed by atoms with Gasteiger partial charge in [-0.25, -0.2) is 0 Å². The molecule has 0 unspecified atom stereocenters. The maximum absolute atomic E-state index is 11.5. The molecule has 0 radical (unpaired) electrons. The van der Waals surface area contributed by atoms with E-state index in [-0.39, 0.29) is 5.43 Å². The zero-order chi connectivity index (χ0) is 15.8. The fourth-order valence-electron chi connectivity index (χ4n) is 2.69. The molecule has 114 valence electrons. The number of rotatable bonds is 3. The van der Waals surface area contributed by atoms with Crippen LogP contribution in [0.1, 0.15) is 6.92 Å². The smallest absolute Gasteiger partial charge is 0.182 e. The van der Waals surface area contributed by atoms with E-state index in [9.17, 15) is 4.79 Å². The molecule has 2 heterocycles. The van der Waals surface area contributed by atoms with E-state index in [1.165, 1.54) is 12.1 Å². The monoisotopic (exact) mass is 306 g/mol. The third-order valence-corrected chi connectivity index (χ3v) is 3.73. The van der Waals surface area contributed by atoms with Crippen LogP contribution in [0.15, 0.2) is 68.4 Å². The maximum atomic E-state index is 11.5. The fourth-order valence-corrected chi connectivity index (χ4v) is 2.69. The van der Waals surface area contributed by atoms with Crippen molar-refractivity contribution in [3.05, 3.63) is 65.0 Å². The van der Waals surface area contributed by atoms with Crippen LogP contribution < -0.4 is 10.2 Å². The topological polar surface area (TPSA) is 52.6 Å². The van der Waals surface area contributed by atoms with Crippen LogP contribution in [0.4, 0.5) is 0 Å². The molecular weight excluding hydrogens is 292 g/mol. The molecule has 4 rings (SSSR count). The SMILES string of the molecule is CCOc1c2ccc(=O)cc-2occ1-c1cc2ccccc2o1. The van der Waals surface area contributed by atoms with Gasteiger partial charge in [-0.3, -0.25) is 4.79 Å². The quantitative estimate of drug-likeness (QED) is 0.557. The second kappa shape index (κ2) is 5.32. The second-order valence-corrected chi connectivity index (χ2v) is 5.22. The molecule has 23 heavy (non-hydrogen) atoms. The molecule has 0 N–H and O–H groups in total. The minimum Gasteiger partial charge on any atom is -0.492 e. The van der Waals surface area contributed by atoms with Crippen molar-refractivity contribution in [2.75, 3.05) is 6.61 Å². The molecular formula is C19H14O4. The van der Waals surface area contributed by atoms with Gasteiger partial charge in [-0.1, -0.05) is 18.2 Å². The van der Waals surface area contributed by atoms with Crippen molar-refractivity contribution in [2.24, 2.45) is 0 Å². The molecule has 1 aliphatic carbocycles.